The molecule has 0 aliphatic carbocycles. The summed E-state index contributed by atoms with van der Waals surface area (Å²) >= 11 is 1.57. The Balaban J connectivity index is 3.11. The van der Waals surface area contributed by atoms with E-state index in [1.165, 1.54) is 7.11 Å². The molecule has 0 saturated carbocycles. The van der Waals surface area contributed by atoms with Crippen molar-refractivity contribution < 1.29 is 23.7 Å². The maximum Gasteiger partial charge on any atom is 0.323 e. The quantitative estimate of drug-likeness (QED) is 0.357. The highest BCUT2D eigenvalue weighted by molar-refractivity contribution is 7.99. The first kappa shape index (κ1) is 20.7. The summed E-state index contributed by atoms with van der Waals surface area (Å²) < 4.78 is 20.7. The average Bonchev–Trinajstić information content (AvgIpc) is 2.50. The molecule has 2 N–H and O–H groups in total. The molecule has 0 amide bonds. The molecule has 21 heavy (non-hydrogen) atoms. The third kappa shape index (κ3) is 14.4. The molecule has 6 nitrogen and oxygen atoms in total. The van der Waals surface area contributed by atoms with Gasteiger partial charge >= 0.3 is 5.97 Å². The van der Waals surface area contributed by atoms with Gasteiger partial charge in [-0.15, -0.1) is 0 Å². The van der Waals surface area contributed by atoms with E-state index in [4.69, 9.17) is 19.9 Å². The first-order valence-electron chi connectivity index (χ1n) is 7.36. The molecule has 0 aliphatic heterocycles. The molecule has 0 aromatic rings. The van der Waals surface area contributed by atoms with E-state index in [2.05, 4.69) is 11.7 Å². The van der Waals surface area contributed by atoms with Crippen LogP contribution in [0.4, 0.5) is 0 Å². The monoisotopic (exact) mass is 323 g/mol. The van der Waals surface area contributed by atoms with Gasteiger partial charge < -0.3 is 24.7 Å². The van der Waals surface area contributed by atoms with Crippen LogP contribution in [0.15, 0.2) is 0 Å². The Labute approximate surface area is 132 Å². The second-order valence-corrected chi connectivity index (χ2v) is 5.55. The Bertz CT molecular complexity index is 243. The number of methoxy groups -OCH3 is 1. The molecule has 0 rings (SSSR count). The highest BCUT2D eigenvalue weighted by Gasteiger charge is 2.12. The molecule has 0 radical (unpaired) electrons. The number of thioether (sulfide) groups is 1. The van der Waals surface area contributed by atoms with E-state index in [-0.39, 0.29) is 5.97 Å². The fourth-order valence-corrected chi connectivity index (χ4v) is 2.13. The number of rotatable bonds is 15. The van der Waals surface area contributed by atoms with Crippen LogP contribution in [0, 0.1) is 0 Å². The van der Waals surface area contributed by atoms with Gasteiger partial charge in [0.25, 0.3) is 0 Å². The minimum atomic E-state index is -0.559. The molecule has 0 aromatic carbocycles. The van der Waals surface area contributed by atoms with Crippen molar-refractivity contribution in [3.63, 3.8) is 0 Å². The van der Waals surface area contributed by atoms with Gasteiger partial charge in [-0.1, -0.05) is 13.3 Å². The zero-order chi connectivity index (χ0) is 15.8. The Hall–Kier alpha value is -0.340. The molecule has 0 fully saturated rings. The van der Waals surface area contributed by atoms with E-state index < -0.39 is 6.04 Å². The van der Waals surface area contributed by atoms with Crippen LogP contribution < -0.4 is 5.73 Å². The van der Waals surface area contributed by atoms with Gasteiger partial charge in [-0.25, -0.2) is 0 Å². The van der Waals surface area contributed by atoms with Crippen molar-refractivity contribution in [1.29, 1.82) is 0 Å². The summed E-state index contributed by atoms with van der Waals surface area (Å²) in [4.78, 5) is 11.0. The van der Waals surface area contributed by atoms with E-state index in [1.54, 1.807) is 11.8 Å². The minimum Gasteiger partial charge on any atom is -0.468 e. The van der Waals surface area contributed by atoms with Crippen molar-refractivity contribution in [3.8, 4) is 0 Å². The van der Waals surface area contributed by atoms with E-state index in [1.807, 2.05) is 0 Å². The lowest BCUT2D eigenvalue weighted by molar-refractivity contribution is -0.141. The molecule has 7 heteroatoms. The largest absolute Gasteiger partial charge is 0.468 e. The fourth-order valence-electron chi connectivity index (χ4n) is 1.34. The van der Waals surface area contributed by atoms with Crippen molar-refractivity contribution in [2.75, 3.05) is 58.3 Å². The summed E-state index contributed by atoms with van der Waals surface area (Å²) in [6, 6.07) is -0.559. The molecule has 0 aliphatic rings. The van der Waals surface area contributed by atoms with Crippen LogP contribution >= 0.6 is 11.8 Å². The topological polar surface area (TPSA) is 80.0 Å². The predicted molar refractivity (Wildman–Crippen MR) is 84.7 cm³/mol. The van der Waals surface area contributed by atoms with Crippen LogP contribution in [-0.4, -0.2) is 70.3 Å². The SMILES string of the molecule is CCCCOCCOCCOCCSCC(N)C(=O)OC. The Morgan fingerprint density at radius 1 is 1.05 bits per heavy atom. The highest BCUT2D eigenvalue weighted by Crippen LogP contribution is 2.02. The van der Waals surface area contributed by atoms with Crippen LogP contribution in [0.3, 0.4) is 0 Å². The normalized spacial score (nSPS) is 12.3. The zero-order valence-electron chi connectivity index (χ0n) is 13.2. The molecule has 0 spiro atoms. The second kappa shape index (κ2) is 16.0. The predicted octanol–water partition coefficient (Wildman–Crippen LogP) is 1.07. The average molecular weight is 323 g/mol. The molecular weight excluding hydrogens is 294 g/mol. The number of hydrogen-bond acceptors (Lipinski definition) is 7. The maximum absolute atomic E-state index is 11.0. The van der Waals surface area contributed by atoms with Crippen LogP contribution in [0.1, 0.15) is 19.8 Å². The number of esters is 1. The van der Waals surface area contributed by atoms with Crippen molar-refractivity contribution in [2.24, 2.45) is 5.73 Å². The van der Waals surface area contributed by atoms with Gasteiger partial charge in [0.15, 0.2) is 0 Å². The molecular formula is C14H29NO5S. The number of hydrogen-bond donors (Lipinski definition) is 1. The van der Waals surface area contributed by atoms with Crippen molar-refractivity contribution in [2.45, 2.75) is 25.8 Å². The smallest absolute Gasteiger partial charge is 0.323 e. The van der Waals surface area contributed by atoms with Crippen molar-refractivity contribution in [1.82, 2.24) is 0 Å². The Morgan fingerprint density at radius 2 is 1.62 bits per heavy atom. The fraction of sp³-hybridized carbons (Fsp3) is 0.929. The highest BCUT2D eigenvalue weighted by atomic mass is 32.2. The summed E-state index contributed by atoms with van der Waals surface area (Å²) in [6.45, 7) is 5.95. The first-order valence-corrected chi connectivity index (χ1v) is 8.52. The van der Waals surface area contributed by atoms with Crippen LogP contribution in [-0.2, 0) is 23.7 Å². The number of nitrogens with two attached hydrogens (primary N) is 1. The molecule has 0 bridgehead atoms. The minimum absolute atomic E-state index is 0.377. The molecule has 1 unspecified atom stereocenters. The van der Waals surface area contributed by atoms with Crippen LogP contribution in [0.2, 0.25) is 0 Å². The van der Waals surface area contributed by atoms with Crippen LogP contribution in [0.25, 0.3) is 0 Å². The van der Waals surface area contributed by atoms with Gasteiger partial charge in [0.05, 0.1) is 40.1 Å². The van der Waals surface area contributed by atoms with Gasteiger partial charge in [0.2, 0.25) is 0 Å². The number of carbonyl (C=O) groups is 1. The second-order valence-electron chi connectivity index (χ2n) is 4.40. The molecule has 0 heterocycles. The summed E-state index contributed by atoms with van der Waals surface area (Å²) in [7, 11) is 1.34. The van der Waals surface area contributed by atoms with E-state index in [9.17, 15) is 4.79 Å². The third-order valence-corrected chi connectivity index (χ3v) is 3.61. The molecule has 0 saturated heterocycles. The zero-order valence-corrected chi connectivity index (χ0v) is 14.0. The first-order chi connectivity index (χ1) is 10.2. The van der Waals surface area contributed by atoms with Gasteiger partial charge in [-0.2, -0.15) is 11.8 Å². The summed E-state index contributed by atoms with van der Waals surface area (Å²) in [5, 5.41) is 0. The lowest BCUT2D eigenvalue weighted by Crippen LogP contribution is -2.34. The standard InChI is InChI=1S/C14H29NO5S/c1-3-4-5-18-6-7-19-8-9-20-10-11-21-12-13(15)14(16)17-2/h13H,3-12,15H2,1-2H3. The third-order valence-electron chi connectivity index (χ3n) is 2.56. The summed E-state index contributed by atoms with van der Waals surface area (Å²) in [5.41, 5.74) is 5.60. The van der Waals surface area contributed by atoms with E-state index in [0.29, 0.717) is 38.8 Å². The maximum atomic E-state index is 11.0. The van der Waals surface area contributed by atoms with Crippen molar-refractivity contribution >= 4 is 17.7 Å². The van der Waals surface area contributed by atoms with Gasteiger partial charge in [-0.05, 0) is 6.42 Å². The number of ether oxygens (including phenoxy) is 4. The van der Waals surface area contributed by atoms with Crippen LogP contribution in [0.5, 0.6) is 0 Å². The number of carbonyl (C=O) groups excluding carboxylic acids is 1. The lowest BCUT2D eigenvalue weighted by atomic mass is 10.4. The van der Waals surface area contributed by atoms with Gasteiger partial charge in [0.1, 0.15) is 6.04 Å². The lowest BCUT2D eigenvalue weighted by Gasteiger charge is -2.09. The Morgan fingerprint density at radius 3 is 2.19 bits per heavy atom. The summed E-state index contributed by atoms with van der Waals surface area (Å²) in [5.74, 6) is 0.963. The molecule has 126 valence electrons. The summed E-state index contributed by atoms with van der Waals surface area (Å²) in [6.07, 6.45) is 2.25. The Kier molecular flexibility index (Phi) is 15.8. The van der Waals surface area contributed by atoms with E-state index >= 15 is 0 Å². The van der Waals surface area contributed by atoms with Crippen molar-refractivity contribution in [3.05, 3.63) is 0 Å². The van der Waals surface area contributed by atoms with E-state index in [0.717, 1.165) is 25.2 Å². The number of unbranched alkanes of at least 4 members (excludes halogenated alkanes) is 1. The molecule has 0 aromatic heterocycles. The van der Waals surface area contributed by atoms with Gasteiger partial charge in [-0.3, -0.25) is 4.79 Å². The molecule has 1 atom stereocenters. The van der Waals surface area contributed by atoms with Gasteiger partial charge in [0, 0.05) is 18.1 Å².